The van der Waals surface area contributed by atoms with Crippen molar-refractivity contribution >= 4 is 29.5 Å². The molecule has 0 spiro atoms. The minimum absolute atomic E-state index is 0.151. The molecule has 2 N–H and O–H groups in total. The fraction of sp³-hybridized carbons (Fsp3) is 0.393. The van der Waals surface area contributed by atoms with Crippen molar-refractivity contribution in [1.82, 2.24) is 24.6 Å². The summed E-state index contributed by atoms with van der Waals surface area (Å²) >= 11 is 6.39. The Kier molecular flexibility index (Phi) is 5.87. The van der Waals surface area contributed by atoms with E-state index in [0.29, 0.717) is 25.2 Å². The predicted molar refractivity (Wildman–Crippen MR) is 144 cm³/mol. The zero-order chi connectivity index (χ0) is 27.7. The van der Waals surface area contributed by atoms with E-state index >= 15 is 0 Å². The molecular weight excluding hydrogens is 524 g/mol. The highest BCUT2D eigenvalue weighted by atomic mass is 35.5. The zero-order valence-electron chi connectivity index (χ0n) is 21.8. The third-order valence-electron chi connectivity index (χ3n) is 8.12. The smallest absolute Gasteiger partial charge is 0.297 e. The first-order chi connectivity index (χ1) is 18.5. The highest BCUT2D eigenvalue weighted by Gasteiger charge is 2.60. The molecule has 0 saturated heterocycles. The summed E-state index contributed by atoms with van der Waals surface area (Å²) in [6.45, 7) is 6.04. The SMILES string of the molecule is CC(C)c1ccc2c(n1)C=CC(C1(C)N=C(N)N(C3(c4ccc(Cl)c(-n5ncnc5C(F)F)c4)CC3)C1=O)C2. The third-order valence-corrected chi connectivity index (χ3v) is 8.44. The van der Waals surface area contributed by atoms with Crippen LogP contribution in [0.5, 0.6) is 0 Å². The van der Waals surface area contributed by atoms with Crippen molar-refractivity contribution in [2.24, 2.45) is 16.6 Å². The largest absolute Gasteiger partial charge is 0.369 e. The van der Waals surface area contributed by atoms with Crippen molar-refractivity contribution in [3.63, 3.8) is 0 Å². The van der Waals surface area contributed by atoms with Gasteiger partial charge in [-0.2, -0.15) is 5.10 Å². The molecule has 1 saturated carbocycles. The number of aliphatic imine (C=N–C) groups is 1. The van der Waals surface area contributed by atoms with E-state index in [1.54, 1.807) is 23.1 Å². The number of hydrogen-bond donors (Lipinski definition) is 1. The molecule has 2 aromatic heterocycles. The zero-order valence-corrected chi connectivity index (χ0v) is 22.5. The number of amides is 1. The fourth-order valence-electron chi connectivity index (χ4n) is 5.69. The van der Waals surface area contributed by atoms with Crippen molar-refractivity contribution in [3.8, 4) is 5.69 Å². The van der Waals surface area contributed by atoms with Crippen LogP contribution in [0.4, 0.5) is 8.78 Å². The molecule has 202 valence electrons. The lowest BCUT2D eigenvalue weighted by Gasteiger charge is -2.34. The summed E-state index contributed by atoms with van der Waals surface area (Å²) in [6, 6.07) is 9.21. The van der Waals surface area contributed by atoms with Gasteiger partial charge in [0.1, 0.15) is 11.9 Å². The Morgan fingerprint density at radius 1 is 1.18 bits per heavy atom. The first-order valence-corrected chi connectivity index (χ1v) is 13.3. The second-order valence-corrected chi connectivity index (χ2v) is 11.3. The Balaban J connectivity index is 1.32. The number of fused-ring (bicyclic) bond motifs is 1. The van der Waals surface area contributed by atoms with E-state index in [9.17, 15) is 13.6 Å². The first kappa shape index (κ1) is 25.6. The number of rotatable bonds is 6. The average molecular weight is 552 g/mol. The van der Waals surface area contributed by atoms with E-state index in [-0.39, 0.29) is 28.5 Å². The molecule has 6 rings (SSSR count). The Morgan fingerprint density at radius 3 is 2.64 bits per heavy atom. The number of carbonyl (C=O) groups excluding carboxylic acids is 1. The number of guanidine groups is 1. The van der Waals surface area contributed by atoms with Crippen molar-refractivity contribution in [1.29, 1.82) is 0 Å². The van der Waals surface area contributed by atoms with Gasteiger partial charge in [-0.3, -0.25) is 14.7 Å². The summed E-state index contributed by atoms with van der Waals surface area (Å²) in [5.74, 6) is -0.425. The lowest BCUT2D eigenvalue weighted by atomic mass is 9.78. The number of pyridine rings is 1. The molecule has 2 unspecified atom stereocenters. The van der Waals surface area contributed by atoms with Gasteiger partial charge in [0.25, 0.3) is 12.3 Å². The van der Waals surface area contributed by atoms with Crippen LogP contribution in [0.15, 0.2) is 47.7 Å². The van der Waals surface area contributed by atoms with Gasteiger partial charge < -0.3 is 5.73 Å². The van der Waals surface area contributed by atoms with Crippen LogP contribution in [0.25, 0.3) is 11.8 Å². The highest BCUT2D eigenvalue weighted by Crippen LogP contribution is 2.54. The van der Waals surface area contributed by atoms with Crippen molar-refractivity contribution in [3.05, 3.63) is 76.1 Å². The summed E-state index contributed by atoms with van der Waals surface area (Å²) in [7, 11) is 0. The molecule has 1 fully saturated rings. The van der Waals surface area contributed by atoms with E-state index in [4.69, 9.17) is 27.3 Å². The minimum atomic E-state index is -2.83. The van der Waals surface area contributed by atoms with E-state index in [1.807, 2.05) is 25.1 Å². The molecule has 8 nitrogen and oxygen atoms in total. The molecule has 1 aromatic carbocycles. The molecule has 2 aliphatic carbocycles. The molecule has 1 amide bonds. The predicted octanol–water partition coefficient (Wildman–Crippen LogP) is 5.17. The van der Waals surface area contributed by atoms with Gasteiger partial charge >= 0.3 is 0 Å². The van der Waals surface area contributed by atoms with Crippen LogP contribution in [-0.2, 0) is 16.8 Å². The molecular formula is C28H28ClF2N7O. The Labute approximate surface area is 229 Å². The van der Waals surface area contributed by atoms with Crippen LogP contribution in [0.2, 0.25) is 5.02 Å². The molecule has 3 heterocycles. The number of halogens is 3. The Morgan fingerprint density at radius 2 is 1.95 bits per heavy atom. The van der Waals surface area contributed by atoms with Crippen LogP contribution >= 0.6 is 11.6 Å². The van der Waals surface area contributed by atoms with Crippen LogP contribution < -0.4 is 5.73 Å². The molecule has 0 radical (unpaired) electrons. The van der Waals surface area contributed by atoms with Crippen molar-refractivity contribution < 1.29 is 13.6 Å². The van der Waals surface area contributed by atoms with Crippen LogP contribution in [0, 0.1) is 5.92 Å². The third kappa shape index (κ3) is 3.95. The van der Waals surface area contributed by atoms with Gasteiger partial charge in [-0.05, 0) is 67.5 Å². The second-order valence-electron chi connectivity index (χ2n) is 10.9. The maximum Gasteiger partial charge on any atom is 0.297 e. The number of nitrogens with two attached hydrogens (primary N) is 1. The van der Waals surface area contributed by atoms with E-state index < -0.39 is 23.3 Å². The molecule has 3 aromatic rings. The lowest BCUT2D eigenvalue weighted by Crippen LogP contribution is -2.51. The maximum absolute atomic E-state index is 14.1. The van der Waals surface area contributed by atoms with Crippen LogP contribution in [0.3, 0.4) is 0 Å². The van der Waals surface area contributed by atoms with Crippen molar-refractivity contribution in [2.75, 3.05) is 0 Å². The van der Waals surface area contributed by atoms with Gasteiger partial charge in [0.15, 0.2) is 11.8 Å². The van der Waals surface area contributed by atoms with Gasteiger partial charge in [-0.15, -0.1) is 0 Å². The number of nitrogens with zero attached hydrogens (tertiary/aromatic N) is 6. The molecule has 1 aliphatic heterocycles. The first-order valence-electron chi connectivity index (χ1n) is 12.9. The molecule has 0 bridgehead atoms. The number of alkyl halides is 2. The standard InChI is InChI=1S/C28H28ClF2N7O/c1-15(2)20-8-4-16-12-17(6-9-21(16)35-20)27(3)25(39)37(26(32)36-27)28(10-11-28)18-5-7-19(29)22(13-18)38-24(23(30)31)33-14-34-38/h4-9,13-15,17,23H,10-12H2,1-3H3,(H2,32,36). The van der Waals surface area contributed by atoms with E-state index in [1.165, 1.54) is 0 Å². The van der Waals surface area contributed by atoms with Crippen LogP contribution in [0.1, 0.15) is 74.3 Å². The number of benzene rings is 1. The Bertz CT molecular complexity index is 1540. The summed E-state index contributed by atoms with van der Waals surface area (Å²) in [5, 5.41) is 4.19. The average Bonchev–Trinajstić information content (AvgIpc) is 3.46. The van der Waals surface area contributed by atoms with E-state index in [2.05, 4.69) is 30.0 Å². The quantitative estimate of drug-likeness (QED) is 0.455. The fourth-order valence-corrected chi connectivity index (χ4v) is 5.88. The molecule has 2 atom stereocenters. The second kappa shape index (κ2) is 8.94. The molecule has 11 heteroatoms. The number of hydrogen-bond acceptors (Lipinski definition) is 6. The van der Waals surface area contributed by atoms with Gasteiger partial charge in [-0.1, -0.05) is 43.7 Å². The van der Waals surface area contributed by atoms with Gasteiger partial charge in [0.05, 0.1) is 21.9 Å². The minimum Gasteiger partial charge on any atom is -0.369 e. The van der Waals surface area contributed by atoms with Gasteiger partial charge in [-0.25, -0.2) is 23.4 Å². The Hall–Kier alpha value is -3.66. The van der Waals surface area contributed by atoms with Crippen molar-refractivity contribution in [2.45, 2.75) is 63.5 Å². The summed E-state index contributed by atoms with van der Waals surface area (Å²) in [5.41, 5.74) is 8.63. The summed E-state index contributed by atoms with van der Waals surface area (Å²) in [6.07, 6.45) is 4.13. The molecule has 3 aliphatic rings. The number of aromatic nitrogens is 4. The van der Waals surface area contributed by atoms with Gasteiger partial charge in [0.2, 0.25) is 0 Å². The van der Waals surface area contributed by atoms with Gasteiger partial charge in [0, 0.05) is 11.6 Å². The highest BCUT2D eigenvalue weighted by molar-refractivity contribution is 6.32. The summed E-state index contributed by atoms with van der Waals surface area (Å²) in [4.78, 5) is 28.9. The summed E-state index contributed by atoms with van der Waals surface area (Å²) < 4.78 is 28.1. The monoisotopic (exact) mass is 551 g/mol. The lowest BCUT2D eigenvalue weighted by molar-refractivity contribution is -0.134. The molecule has 39 heavy (non-hydrogen) atoms. The maximum atomic E-state index is 14.1. The number of carbonyl (C=O) groups is 1. The normalized spacial score (nSPS) is 23.5. The van der Waals surface area contributed by atoms with E-state index in [0.717, 1.165) is 33.5 Å². The van der Waals surface area contributed by atoms with Crippen LogP contribution in [-0.4, -0.2) is 42.1 Å². The topological polar surface area (TPSA) is 102 Å².